The minimum atomic E-state index is 0.569. The minimum Gasteiger partial charge on any atom is -0.245 e. The molecule has 0 amide bonds. The number of aromatic nitrogens is 9. The lowest BCUT2D eigenvalue weighted by atomic mass is 10.7. The number of hydrogen-bond acceptors (Lipinski definition) is 7. The van der Waals surface area contributed by atoms with Crippen LogP contribution in [-0.4, -0.2) is 49.9 Å². The molecule has 3 heterocycles. The predicted molar refractivity (Wildman–Crippen MR) is 61.9 cm³/mol. The number of rotatable bonds is 6. The molecule has 3 aromatic rings. The first-order valence-electron chi connectivity index (χ1n) is 5.65. The largest absolute Gasteiger partial charge is 0.245 e. The Hall–Kier alpha value is -2.62. The van der Waals surface area contributed by atoms with Gasteiger partial charge in [-0.2, -0.15) is 0 Å². The third-order valence-corrected chi connectivity index (χ3v) is 2.45. The molecule has 0 saturated heterocycles. The molecule has 0 bridgehead atoms. The lowest BCUT2D eigenvalue weighted by molar-refractivity contribution is 0.103. The molecule has 0 saturated carbocycles. The molecule has 3 aromatic heterocycles. The van der Waals surface area contributed by atoms with E-state index in [1.165, 1.54) is 0 Å². The van der Waals surface area contributed by atoms with Crippen LogP contribution in [0.25, 0.3) is 0 Å². The molecule has 0 spiro atoms. The van der Waals surface area contributed by atoms with Gasteiger partial charge in [-0.3, -0.25) is 0 Å². The summed E-state index contributed by atoms with van der Waals surface area (Å²) in [5.41, 5.74) is 0. The van der Waals surface area contributed by atoms with E-state index in [2.05, 4.69) is 35.8 Å². The van der Waals surface area contributed by atoms with E-state index in [4.69, 9.17) is 0 Å². The molecular weight excluding hydrogens is 248 g/mol. The molecule has 10 nitrogen and oxygen atoms in total. The molecule has 98 valence electrons. The van der Waals surface area contributed by atoms with E-state index in [1.807, 2.05) is 0 Å². The lowest BCUT2D eigenvalue weighted by Gasteiger charge is -2.21. The Morgan fingerprint density at radius 1 is 0.632 bits per heavy atom. The second-order valence-corrected chi connectivity index (χ2v) is 3.92. The highest BCUT2D eigenvalue weighted by molar-refractivity contribution is 4.68. The van der Waals surface area contributed by atoms with Crippen molar-refractivity contribution in [1.29, 1.82) is 0 Å². The summed E-state index contributed by atoms with van der Waals surface area (Å²) in [4.78, 5) is 2.07. The van der Waals surface area contributed by atoms with Gasteiger partial charge in [-0.15, -0.1) is 15.3 Å². The van der Waals surface area contributed by atoms with Gasteiger partial charge in [0.1, 0.15) is 0 Å². The Kier molecular flexibility index (Phi) is 3.23. The van der Waals surface area contributed by atoms with Crippen molar-refractivity contribution in [2.75, 3.05) is 0 Å². The van der Waals surface area contributed by atoms with E-state index in [0.29, 0.717) is 20.0 Å². The summed E-state index contributed by atoms with van der Waals surface area (Å²) in [7, 11) is 0. The zero-order valence-electron chi connectivity index (χ0n) is 10.1. The quantitative estimate of drug-likeness (QED) is 0.563. The van der Waals surface area contributed by atoms with Crippen molar-refractivity contribution >= 4 is 0 Å². The van der Waals surface area contributed by atoms with Gasteiger partial charge in [0.25, 0.3) is 0 Å². The molecule has 0 fully saturated rings. The maximum absolute atomic E-state index is 3.95. The first-order valence-corrected chi connectivity index (χ1v) is 5.65. The van der Waals surface area contributed by atoms with Crippen LogP contribution in [0.15, 0.2) is 37.2 Å². The maximum atomic E-state index is 3.95. The molecule has 10 heteroatoms. The van der Waals surface area contributed by atoms with Crippen molar-refractivity contribution in [3.8, 4) is 0 Å². The fourth-order valence-corrected chi connectivity index (χ4v) is 1.67. The second kappa shape index (κ2) is 5.35. The van der Waals surface area contributed by atoms with E-state index in [9.17, 15) is 0 Å². The molecule has 0 atom stereocenters. The fourth-order valence-electron chi connectivity index (χ4n) is 1.67. The van der Waals surface area contributed by atoms with Gasteiger partial charge < -0.3 is 0 Å². The minimum absolute atomic E-state index is 0.569. The van der Waals surface area contributed by atoms with Gasteiger partial charge in [-0.25, -0.2) is 18.9 Å². The monoisotopic (exact) mass is 260 g/mol. The Morgan fingerprint density at radius 3 is 1.26 bits per heavy atom. The Balaban J connectivity index is 1.70. The van der Waals surface area contributed by atoms with Crippen molar-refractivity contribution in [3.05, 3.63) is 37.2 Å². The van der Waals surface area contributed by atoms with Crippen LogP contribution < -0.4 is 0 Å². The van der Waals surface area contributed by atoms with Crippen LogP contribution in [0.5, 0.6) is 0 Å². The molecule has 19 heavy (non-hydrogen) atoms. The zero-order valence-corrected chi connectivity index (χ0v) is 10.1. The van der Waals surface area contributed by atoms with Gasteiger partial charge in [0, 0.05) is 18.6 Å². The van der Waals surface area contributed by atoms with Gasteiger partial charge in [-0.1, -0.05) is 15.6 Å². The topological polar surface area (TPSA) is 95.4 Å². The summed E-state index contributed by atoms with van der Waals surface area (Å²) in [5.74, 6) is 0. The van der Waals surface area contributed by atoms with E-state index < -0.39 is 0 Å². The average Bonchev–Trinajstić information content (AvgIpc) is 3.10. The van der Waals surface area contributed by atoms with Crippen molar-refractivity contribution < 1.29 is 0 Å². The van der Waals surface area contributed by atoms with Crippen molar-refractivity contribution in [3.63, 3.8) is 0 Å². The summed E-state index contributed by atoms with van der Waals surface area (Å²) in [6.45, 7) is 1.71. The van der Waals surface area contributed by atoms with Crippen molar-refractivity contribution in [1.82, 2.24) is 49.9 Å². The highest BCUT2D eigenvalue weighted by Crippen LogP contribution is 1.99. The average molecular weight is 260 g/mol. The molecular formula is C9H12N10. The molecule has 0 aliphatic rings. The summed E-state index contributed by atoms with van der Waals surface area (Å²) >= 11 is 0. The molecule has 0 aliphatic carbocycles. The Bertz CT molecular complexity index is 482. The standard InChI is InChI=1S/C9H12N10/c1-4-17(13-10-1)7-16(8-18-5-2-11-14-18)9-19-6-3-12-15-19/h1-6H,7-9H2. The van der Waals surface area contributed by atoms with Gasteiger partial charge in [0.05, 0.1) is 38.6 Å². The highest BCUT2D eigenvalue weighted by atomic mass is 15.6. The van der Waals surface area contributed by atoms with Crippen LogP contribution in [0, 0.1) is 0 Å². The fraction of sp³-hybridized carbons (Fsp3) is 0.333. The van der Waals surface area contributed by atoms with E-state index in [-0.39, 0.29) is 0 Å². The van der Waals surface area contributed by atoms with Crippen LogP contribution >= 0.6 is 0 Å². The molecule has 0 aromatic carbocycles. The smallest absolute Gasteiger partial charge is 0.0976 e. The van der Waals surface area contributed by atoms with E-state index in [0.717, 1.165) is 0 Å². The van der Waals surface area contributed by atoms with E-state index >= 15 is 0 Å². The van der Waals surface area contributed by atoms with Gasteiger partial charge in [0.2, 0.25) is 0 Å². The van der Waals surface area contributed by atoms with Gasteiger partial charge in [0.15, 0.2) is 0 Å². The second-order valence-electron chi connectivity index (χ2n) is 3.92. The van der Waals surface area contributed by atoms with Gasteiger partial charge in [-0.05, 0) is 0 Å². The van der Waals surface area contributed by atoms with Crippen LogP contribution in [0.4, 0.5) is 0 Å². The van der Waals surface area contributed by atoms with Crippen LogP contribution in [0.1, 0.15) is 0 Å². The first-order chi connectivity index (χ1) is 9.40. The van der Waals surface area contributed by atoms with Crippen molar-refractivity contribution in [2.45, 2.75) is 20.0 Å². The van der Waals surface area contributed by atoms with Crippen LogP contribution in [0.3, 0.4) is 0 Å². The molecule has 0 aliphatic heterocycles. The van der Waals surface area contributed by atoms with Crippen LogP contribution in [-0.2, 0) is 20.0 Å². The summed E-state index contributed by atoms with van der Waals surface area (Å²) < 4.78 is 5.19. The number of nitrogens with zero attached hydrogens (tertiary/aromatic N) is 10. The summed E-state index contributed by atoms with van der Waals surface area (Å²) in [5, 5.41) is 23.2. The van der Waals surface area contributed by atoms with E-state index in [1.54, 1.807) is 51.2 Å². The van der Waals surface area contributed by atoms with Crippen LogP contribution in [0.2, 0.25) is 0 Å². The normalized spacial score (nSPS) is 11.2. The molecule has 3 rings (SSSR count). The molecule has 0 radical (unpaired) electrons. The number of hydrogen-bond donors (Lipinski definition) is 0. The SMILES string of the molecule is c1cn(CN(Cn2ccnn2)Cn2ccnn2)nn1. The first kappa shape index (κ1) is 11.5. The third kappa shape index (κ3) is 2.98. The summed E-state index contributed by atoms with van der Waals surface area (Å²) in [6, 6.07) is 0. The highest BCUT2D eigenvalue weighted by Gasteiger charge is 2.09. The Labute approximate surface area is 108 Å². The van der Waals surface area contributed by atoms with Crippen molar-refractivity contribution in [2.24, 2.45) is 0 Å². The Morgan fingerprint density at radius 2 is 1.00 bits per heavy atom. The predicted octanol–water partition coefficient (Wildman–Crippen LogP) is -0.964. The molecule has 0 unspecified atom stereocenters. The third-order valence-electron chi connectivity index (χ3n) is 2.45. The molecule has 0 N–H and O–H groups in total. The van der Waals surface area contributed by atoms with Gasteiger partial charge >= 0.3 is 0 Å². The lowest BCUT2D eigenvalue weighted by Crippen LogP contribution is -2.31. The zero-order chi connectivity index (χ0) is 12.9. The summed E-state index contributed by atoms with van der Waals surface area (Å²) in [6.07, 6.45) is 10.3. The maximum Gasteiger partial charge on any atom is 0.0976 e.